The fraction of sp³-hybridized carbons (Fsp3) is 0.472. The molecule has 0 aromatic heterocycles. The van der Waals surface area contributed by atoms with Crippen LogP contribution in [0.3, 0.4) is 0 Å². The average molecular weight is 619 g/mol. The van der Waals surface area contributed by atoms with E-state index in [4.69, 9.17) is 21.1 Å². The molecule has 0 spiro atoms. The quantitative estimate of drug-likeness (QED) is 0.308. The summed E-state index contributed by atoms with van der Waals surface area (Å²) in [6.45, 7) is 13.5. The number of Topliss-reactive ketones (excluding diaryl/α,β-unsaturated/α-hetero) is 2. The smallest absolute Gasteiger partial charge is 0.262 e. The van der Waals surface area contributed by atoms with Crippen molar-refractivity contribution >= 4 is 34.8 Å². The maximum atomic E-state index is 14.0. The van der Waals surface area contributed by atoms with Crippen molar-refractivity contribution in [3.63, 3.8) is 0 Å². The number of hydrogen-bond donors (Lipinski definition) is 1. The zero-order valence-corrected chi connectivity index (χ0v) is 27.4. The van der Waals surface area contributed by atoms with E-state index in [1.807, 2.05) is 19.1 Å². The lowest BCUT2D eigenvalue weighted by Gasteiger charge is -2.49. The van der Waals surface area contributed by atoms with Gasteiger partial charge in [-0.25, -0.2) is 0 Å². The summed E-state index contributed by atoms with van der Waals surface area (Å²) in [5, 5.41) is 3.20. The summed E-state index contributed by atoms with van der Waals surface area (Å²) >= 11 is 6.18. The van der Waals surface area contributed by atoms with Gasteiger partial charge in [-0.1, -0.05) is 64.4 Å². The molecule has 1 amide bonds. The Morgan fingerprint density at radius 2 is 1.50 bits per heavy atom. The molecule has 0 saturated carbocycles. The Morgan fingerprint density at radius 1 is 0.886 bits per heavy atom. The van der Waals surface area contributed by atoms with E-state index >= 15 is 0 Å². The van der Waals surface area contributed by atoms with Crippen molar-refractivity contribution in [2.24, 2.45) is 10.8 Å². The van der Waals surface area contributed by atoms with Crippen LogP contribution in [0, 0.1) is 10.8 Å². The van der Waals surface area contributed by atoms with Gasteiger partial charge < -0.3 is 19.7 Å². The number of amides is 1. The van der Waals surface area contributed by atoms with Gasteiger partial charge in [0.25, 0.3) is 5.91 Å². The SMILES string of the molecule is CCCN1C2=C(C(=O)CC(C)(C)C2)C(c2ccc(OCC(=O)Nc3ccccc3Cl)c(OCC)c2)C2=C1CC(C)(C)CC2=O. The van der Waals surface area contributed by atoms with Crippen molar-refractivity contribution in [1.29, 1.82) is 0 Å². The van der Waals surface area contributed by atoms with Crippen LogP contribution in [0.4, 0.5) is 5.69 Å². The van der Waals surface area contributed by atoms with Crippen molar-refractivity contribution in [1.82, 2.24) is 4.90 Å². The second-order valence-electron chi connectivity index (χ2n) is 13.6. The highest BCUT2D eigenvalue weighted by Crippen LogP contribution is 2.55. The minimum atomic E-state index is -0.475. The lowest BCUT2D eigenvalue weighted by atomic mass is 9.63. The molecule has 2 aromatic carbocycles. The molecule has 44 heavy (non-hydrogen) atoms. The summed E-state index contributed by atoms with van der Waals surface area (Å²) < 4.78 is 11.9. The van der Waals surface area contributed by atoms with E-state index in [0.717, 1.165) is 53.9 Å². The molecule has 7 nitrogen and oxygen atoms in total. The van der Waals surface area contributed by atoms with Gasteiger partial charge in [0.15, 0.2) is 29.7 Å². The molecule has 2 aliphatic carbocycles. The maximum absolute atomic E-state index is 14.0. The summed E-state index contributed by atoms with van der Waals surface area (Å²) in [5.41, 5.74) is 4.56. The van der Waals surface area contributed by atoms with Crippen LogP contribution in [-0.4, -0.2) is 42.1 Å². The van der Waals surface area contributed by atoms with E-state index in [9.17, 15) is 14.4 Å². The largest absolute Gasteiger partial charge is 0.490 e. The first-order valence-corrected chi connectivity index (χ1v) is 16.0. The zero-order valence-electron chi connectivity index (χ0n) is 26.6. The molecule has 234 valence electrons. The van der Waals surface area contributed by atoms with Gasteiger partial charge in [0, 0.05) is 47.8 Å². The van der Waals surface area contributed by atoms with Crippen LogP contribution in [0.25, 0.3) is 0 Å². The molecule has 8 heteroatoms. The number of rotatable bonds is 9. The fourth-order valence-electron chi connectivity index (χ4n) is 6.86. The van der Waals surface area contributed by atoms with Crippen LogP contribution >= 0.6 is 11.6 Å². The van der Waals surface area contributed by atoms with Gasteiger partial charge in [-0.2, -0.15) is 0 Å². The molecular weight excluding hydrogens is 576 g/mol. The molecule has 2 aromatic rings. The maximum Gasteiger partial charge on any atom is 0.262 e. The minimum absolute atomic E-state index is 0.0982. The van der Waals surface area contributed by atoms with Crippen LogP contribution in [-0.2, 0) is 14.4 Å². The van der Waals surface area contributed by atoms with Crippen molar-refractivity contribution < 1.29 is 23.9 Å². The second-order valence-corrected chi connectivity index (χ2v) is 14.1. The van der Waals surface area contributed by atoms with Crippen molar-refractivity contribution in [2.75, 3.05) is 25.1 Å². The van der Waals surface area contributed by atoms with Gasteiger partial charge >= 0.3 is 0 Å². The Labute approximate surface area is 265 Å². The third kappa shape index (κ3) is 6.44. The van der Waals surface area contributed by atoms with E-state index < -0.39 is 5.92 Å². The monoisotopic (exact) mass is 618 g/mol. The number of halogens is 1. The highest BCUT2D eigenvalue weighted by molar-refractivity contribution is 6.33. The fourth-order valence-corrected chi connectivity index (χ4v) is 7.04. The number of allylic oxidation sites excluding steroid dienone is 4. The van der Waals surface area contributed by atoms with Crippen molar-refractivity contribution in [2.45, 2.75) is 79.6 Å². The van der Waals surface area contributed by atoms with Crippen LogP contribution in [0.5, 0.6) is 11.5 Å². The molecule has 0 fully saturated rings. The number of carbonyl (C=O) groups is 3. The molecule has 1 aliphatic heterocycles. The molecule has 3 aliphatic rings. The van der Waals surface area contributed by atoms with E-state index in [1.54, 1.807) is 30.3 Å². The van der Waals surface area contributed by atoms with Crippen LogP contribution in [0.1, 0.15) is 85.1 Å². The first kappa shape index (κ1) is 31.8. The Bertz CT molecular complexity index is 1500. The van der Waals surface area contributed by atoms with Crippen LogP contribution in [0.15, 0.2) is 65.0 Å². The number of para-hydroxylation sites is 1. The van der Waals surface area contributed by atoms with E-state index in [2.05, 4.69) is 44.8 Å². The highest BCUT2D eigenvalue weighted by Gasteiger charge is 2.48. The van der Waals surface area contributed by atoms with Gasteiger partial charge in [-0.3, -0.25) is 14.4 Å². The van der Waals surface area contributed by atoms with Gasteiger partial charge in [0.1, 0.15) is 0 Å². The van der Waals surface area contributed by atoms with E-state index in [1.165, 1.54) is 0 Å². The number of hydrogen-bond acceptors (Lipinski definition) is 6. The van der Waals surface area contributed by atoms with Gasteiger partial charge in [0.2, 0.25) is 0 Å². The predicted molar refractivity (Wildman–Crippen MR) is 173 cm³/mol. The number of benzene rings is 2. The molecular formula is C36H43ClN2O5. The first-order chi connectivity index (χ1) is 20.8. The third-order valence-electron chi connectivity index (χ3n) is 8.58. The third-order valence-corrected chi connectivity index (χ3v) is 8.91. The minimum Gasteiger partial charge on any atom is -0.490 e. The topological polar surface area (TPSA) is 84.9 Å². The van der Waals surface area contributed by atoms with Crippen LogP contribution in [0.2, 0.25) is 5.02 Å². The molecule has 0 bridgehead atoms. The Balaban J connectivity index is 1.54. The molecule has 1 N–H and O–H groups in total. The standard InChI is InChI=1S/C36H43ClN2O5/c1-7-15-39-25-17-35(3,4)19-27(40)33(25)32(34-26(39)18-36(5,6)20-28(34)41)22-13-14-29(30(16-22)43-8-2)44-21-31(42)38-24-12-10-9-11-23(24)37/h9-14,16,32H,7-8,15,17-21H2,1-6H3,(H,38,42). The van der Waals surface area contributed by atoms with Crippen molar-refractivity contribution in [3.05, 3.63) is 75.6 Å². The molecule has 0 atom stereocenters. The Morgan fingerprint density at radius 3 is 2.07 bits per heavy atom. The predicted octanol–water partition coefficient (Wildman–Crippen LogP) is 7.85. The van der Waals surface area contributed by atoms with E-state index in [-0.39, 0.29) is 34.9 Å². The van der Waals surface area contributed by atoms with Gasteiger partial charge in [-0.15, -0.1) is 0 Å². The number of nitrogens with zero attached hydrogens (tertiary/aromatic N) is 1. The summed E-state index contributed by atoms with van der Waals surface area (Å²) in [6, 6.07) is 12.6. The van der Waals surface area contributed by atoms with Gasteiger partial charge in [-0.05, 0) is 66.8 Å². The first-order valence-electron chi connectivity index (χ1n) is 15.6. The number of ketones is 2. The summed E-state index contributed by atoms with van der Waals surface area (Å²) in [4.78, 5) is 42.9. The molecule has 1 heterocycles. The number of anilines is 1. The summed E-state index contributed by atoms with van der Waals surface area (Å²) in [5.74, 6) is 0.231. The lowest BCUT2D eigenvalue weighted by Crippen LogP contribution is -2.44. The zero-order chi connectivity index (χ0) is 31.8. The normalized spacial score (nSPS) is 19.5. The van der Waals surface area contributed by atoms with Crippen LogP contribution < -0.4 is 14.8 Å². The molecule has 0 radical (unpaired) electrons. The second kappa shape index (κ2) is 12.4. The number of nitrogens with one attached hydrogen (secondary N) is 1. The average Bonchev–Trinajstić information content (AvgIpc) is 2.93. The van der Waals surface area contributed by atoms with Gasteiger partial charge in [0.05, 0.1) is 17.3 Å². The summed E-state index contributed by atoms with van der Waals surface area (Å²) in [6.07, 6.45) is 3.33. The van der Waals surface area contributed by atoms with Crippen molar-refractivity contribution in [3.8, 4) is 11.5 Å². The molecule has 5 rings (SSSR count). The Hall–Kier alpha value is -3.58. The summed E-state index contributed by atoms with van der Waals surface area (Å²) in [7, 11) is 0. The Kier molecular flexibility index (Phi) is 8.99. The molecule has 0 saturated heterocycles. The molecule has 0 unspecified atom stereocenters. The lowest BCUT2D eigenvalue weighted by molar-refractivity contribution is -0.120. The number of carbonyl (C=O) groups excluding carboxylic acids is 3. The highest BCUT2D eigenvalue weighted by atomic mass is 35.5. The number of ether oxygens (including phenoxy) is 2. The van der Waals surface area contributed by atoms with E-state index in [0.29, 0.717) is 41.7 Å².